The van der Waals surface area contributed by atoms with E-state index in [0.717, 1.165) is 29.7 Å². The fraction of sp³-hybridized carbons (Fsp3) is 0.333. The van der Waals surface area contributed by atoms with E-state index in [1.54, 1.807) is 0 Å². The summed E-state index contributed by atoms with van der Waals surface area (Å²) >= 11 is 0. The maximum atomic E-state index is 13.0. The first kappa shape index (κ1) is 15.7. The topological polar surface area (TPSA) is 29.4 Å². The Morgan fingerprint density at radius 3 is 2.43 bits per heavy atom. The van der Waals surface area contributed by atoms with Crippen molar-refractivity contribution in [3.8, 4) is 0 Å². The van der Waals surface area contributed by atoms with Crippen molar-refractivity contribution >= 4 is 11.5 Å². The molecule has 0 fully saturated rings. The van der Waals surface area contributed by atoms with Gasteiger partial charge in [-0.25, -0.2) is 0 Å². The van der Waals surface area contributed by atoms with E-state index in [2.05, 4.69) is 39.0 Å². The Bertz CT molecular complexity index is 743. The van der Waals surface area contributed by atoms with Gasteiger partial charge in [-0.2, -0.15) is 0 Å². The van der Waals surface area contributed by atoms with Crippen LogP contribution >= 0.6 is 0 Å². The van der Waals surface area contributed by atoms with Crippen LogP contribution in [0, 0.1) is 5.92 Å². The van der Waals surface area contributed by atoms with E-state index in [1.807, 2.05) is 36.4 Å². The molecule has 1 aliphatic rings. The number of carbonyl (C=O) groups is 1. The van der Waals surface area contributed by atoms with Crippen molar-refractivity contribution in [1.82, 2.24) is 0 Å². The van der Waals surface area contributed by atoms with Crippen molar-refractivity contribution in [3.63, 3.8) is 0 Å². The van der Waals surface area contributed by atoms with Crippen molar-refractivity contribution in [2.75, 3.05) is 0 Å². The summed E-state index contributed by atoms with van der Waals surface area (Å²) < 4.78 is 0. The van der Waals surface area contributed by atoms with Crippen molar-refractivity contribution in [1.29, 1.82) is 0 Å². The first-order valence-electron chi connectivity index (χ1n) is 8.29. The zero-order chi connectivity index (χ0) is 16.4. The van der Waals surface area contributed by atoms with E-state index in [9.17, 15) is 4.79 Å². The van der Waals surface area contributed by atoms with Gasteiger partial charge in [-0.15, -0.1) is 0 Å². The van der Waals surface area contributed by atoms with E-state index in [0.29, 0.717) is 0 Å². The van der Waals surface area contributed by atoms with Gasteiger partial charge in [0.1, 0.15) is 0 Å². The highest BCUT2D eigenvalue weighted by atomic mass is 16.1. The molecule has 0 aliphatic carbocycles. The second-order valence-corrected chi connectivity index (χ2v) is 6.83. The molecule has 0 N–H and O–H groups in total. The van der Waals surface area contributed by atoms with Gasteiger partial charge in [-0.05, 0) is 37.8 Å². The van der Waals surface area contributed by atoms with Gasteiger partial charge in [0, 0.05) is 5.56 Å². The quantitative estimate of drug-likeness (QED) is 0.752. The third kappa shape index (κ3) is 3.12. The van der Waals surface area contributed by atoms with Crippen molar-refractivity contribution in [3.05, 3.63) is 71.3 Å². The highest BCUT2D eigenvalue weighted by molar-refractivity contribution is 6.19. The Kier molecular flexibility index (Phi) is 4.16. The molecule has 2 aromatic carbocycles. The Labute approximate surface area is 138 Å². The van der Waals surface area contributed by atoms with Crippen LogP contribution in [0.25, 0.3) is 0 Å². The summed E-state index contributed by atoms with van der Waals surface area (Å²) in [6, 6.07) is 17.9. The molecule has 1 unspecified atom stereocenters. The van der Waals surface area contributed by atoms with Gasteiger partial charge in [-0.1, -0.05) is 61.5 Å². The first-order valence-corrected chi connectivity index (χ1v) is 8.29. The SMILES string of the molecule is CCC(C(=O)c1ccccc1)C1=NC(C)(C)Cc2ccccc21. The number of rotatable bonds is 4. The molecule has 0 radical (unpaired) electrons. The normalized spacial score (nSPS) is 17.1. The first-order chi connectivity index (χ1) is 11.0. The van der Waals surface area contributed by atoms with Crippen LogP contribution in [0.15, 0.2) is 59.6 Å². The molecule has 1 atom stereocenters. The lowest BCUT2D eigenvalue weighted by Crippen LogP contribution is -2.35. The van der Waals surface area contributed by atoms with Gasteiger partial charge in [0.15, 0.2) is 5.78 Å². The summed E-state index contributed by atoms with van der Waals surface area (Å²) in [7, 11) is 0. The highest BCUT2D eigenvalue weighted by Crippen LogP contribution is 2.31. The fourth-order valence-corrected chi connectivity index (χ4v) is 3.39. The average molecular weight is 305 g/mol. The van der Waals surface area contributed by atoms with E-state index >= 15 is 0 Å². The molecule has 0 saturated carbocycles. The van der Waals surface area contributed by atoms with E-state index in [-0.39, 0.29) is 17.2 Å². The van der Waals surface area contributed by atoms with Gasteiger partial charge in [-0.3, -0.25) is 9.79 Å². The van der Waals surface area contributed by atoms with Crippen LogP contribution in [0.5, 0.6) is 0 Å². The number of benzene rings is 2. The van der Waals surface area contributed by atoms with Gasteiger partial charge >= 0.3 is 0 Å². The zero-order valence-corrected chi connectivity index (χ0v) is 14.0. The molecule has 0 bridgehead atoms. The average Bonchev–Trinajstić information content (AvgIpc) is 2.55. The Morgan fingerprint density at radius 1 is 1.09 bits per heavy atom. The van der Waals surface area contributed by atoms with Gasteiger partial charge in [0.25, 0.3) is 0 Å². The number of nitrogens with zero attached hydrogens (tertiary/aromatic N) is 1. The molecular formula is C21H23NO. The molecule has 0 saturated heterocycles. The largest absolute Gasteiger partial charge is 0.293 e. The summed E-state index contributed by atoms with van der Waals surface area (Å²) in [5.41, 5.74) is 3.99. The van der Waals surface area contributed by atoms with Crippen molar-refractivity contribution in [2.45, 2.75) is 39.2 Å². The van der Waals surface area contributed by atoms with Crippen molar-refractivity contribution in [2.24, 2.45) is 10.9 Å². The number of hydrogen-bond acceptors (Lipinski definition) is 2. The van der Waals surface area contributed by atoms with Crippen LogP contribution in [-0.2, 0) is 6.42 Å². The Morgan fingerprint density at radius 2 is 1.74 bits per heavy atom. The molecule has 2 nitrogen and oxygen atoms in total. The molecule has 23 heavy (non-hydrogen) atoms. The summed E-state index contributed by atoms with van der Waals surface area (Å²) in [4.78, 5) is 18.0. The molecule has 2 heteroatoms. The second-order valence-electron chi connectivity index (χ2n) is 6.83. The maximum Gasteiger partial charge on any atom is 0.171 e. The minimum absolute atomic E-state index is 0.159. The van der Waals surface area contributed by atoms with Crippen LogP contribution in [-0.4, -0.2) is 17.0 Å². The number of Topliss-reactive ketones (excluding diaryl/α,β-unsaturated/α-hetero) is 1. The summed E-state index contributed by atoms with van der Waals surface area (Å²) in [6.07, 6.45) is 1.68. The molecule has 0 amide bonds. The monoisotopic (exact) mass is 305 g/mol. The number of hydrogen-bond donors (Lipinski definition) is 0. The molecule has 0 aromatic heterocycles. The van der Waals surface area contributed by atoms with Crippen LogP contribution in [0.1, 0.15) is 48.7 Å². The van der Waals surface area contributed by atoms with Crippen LogP contribution in [0.4, 0.5) is 0 Å². The third-order valence-corrected chi connectivity index (χ3v) is 4.45. The fourth-order valence-electron chi connectivity index (χ4n) is 3.39. The Balaban J connectivity index is 2.06. The molecule has 2 aromatic rings. The van der Waals surface area contributed by atoms with Crippen molar-refractivity contribution < 1.29 is 4.79 Å². The van der Waals surface area contributed by atoms with Crippen LogP contribution in [0.2, 0.25) is 0 Å². The van der Waals surface area contributed by atoms with Gasteiger partial charge in [0.2, 0.25) is 0 Å². The summed E-state index contributed by atoms with van der Waals surface area (Å²) in [5, 5.41) is 0. The maximum absolute atomic E-state index is 13.0. The smallest absolute Gasteiger partial charge is 0.171 e. The molecular weight excluding hydrogens is 282 g/mol. The highest BCUT2D eigenvalue weighted by Gasteiger charge is 2.33. The standard InChI is InChI=1S/C21H23NO/c1-4-17(20(23)15-10-6-5-7-11-15)19-18-13-9-8-12-16(18)14-21(2,3)22-19/h5-13,17H,4,14H2,1-3H3. The van der Waals surface area contributed by atoms with E-state index in [1.165, 1.54) is 5.56 Å². The lowest BCUT2D eigenvalue weighted by molar-refractivity contribution is 0.0952. The summed E-state index contributed by atoms with van der Waals surface area (Å²) in [5.74, 6) is -0.0162. The lowest BCUT2D eigenvalue weighted by atomic mass is 9.80. The molecule has 118 valence electrons. The zero-order valence-electron chi connectivity index (χ0n) is 14.0. The Hall–Kier alpha value is -2.22. The van der Waals surface area contributed by atoms with E-state index in [4.69, 9.17) is 4.99 Å². The van der Waals surface area contributed by atoms with E-state index < -0.39 is 0 Å². The predicted molar refractivity (Wildman–Crippen MR) is 95.3 cm³/mol. The number of aliphatic imine (C=N–C) groups is 1. The number of carbonyl (C=O) groups excluding carboxylic acids is 1. The minimum Gasteiger partial charge on any atom is -0.293 e. The lowest BCUT2D eigenvalue weighted by Gasteiger charge is -2.31. The van der Waals surface area contributed by atoms with Crippen LogP contribution < -0.4 is 0 Å². The summed E-state index contributed by atoms with van der Waals surface area (Å²) in [6.45, 7) is 6.35. The second kappa shape index (κ2) is 6.11. The minimum atomic E-state index is -0.182. The number of ketones is 1. The molecule has 1 heterocycles. The van der Waals surface area contributed by atoms with Crippen LogP contribution in [0.3, 0.4) is 0 Å². The predicted octanol–water partition coefficient (Wildman–Crippen LogP) is 4.72. The number of fused-ring (bicyclic) bond motifs is 1. The third-order valence-electron chi connectivity index (χ3n) is 4.45. The van der Waals surface area contributed by atoms with Gasteiger partial charge < -0.3 is 0 Å². The van der Waals surface area contributed by atoms with Gasteiger partial charge in [0.05, 0.1) is 17.2 Å². The molecule has 0 spiro atoms. The molecule has 1 aliphatic heterocycles. The molecule has 3 rings (SSSR count).